The average molecular weight is 339 g/mol. The van der Waals surface area contributed by atoms with Crippen molar-refractivity contribution in [3.63, 3.8) is 0 Å². The maximum atomic E-state index is 13.9. The van der Waals surface area contributed by atoms with Crippen molar-refractivity contribution in [2.24, 2.45) is 0 Å². The Bertz CT molecular complexity index is 503. The fraction of sp³-hybridized carbons (Fsp3) is 0.556. The van der Waals surface area contributed by atoms with E-state index in [0.717, 1.165) is 18.4 Å². The van der Waals surface area contributed by atoms with Gasteiger partial charge in [0, 0.05) is 11.4 Å². The molecule has 0 radical (unpaired) electrons. The van der Waals surface area contributed by atoms with Crippen molar-refractivity contribution in [3.05, 3.63) is 48.2 Å². The molecule has 1 aliphatic heterocycles. The van der Waals surface area contributed by atoms with Gasteiger partial charge in [0.05, 0.1) is 12.8 Å². The molecule has 1 heterocycles. The molecule has 0 aliphatic carbocycles. The Morgan fingerprint density at radius 3 is 2.57 bits per heavy atom. The molecule has 0 spiro atoms. The highest BCUT2D eigenvalue weighted by atomic mass is 32.2. The second-order valence-corrected chi connectivity index (χ2v) is 8.96. The van der Waals surface area contributed by atoms with Gasteiger partial charge in [-0.2, -0.15) is 0 Å². The fourth-order valence-corrected chi connectivity index (χ4v) is 4.02. The van der Waals surface area contributed by atoms with Crippen molar-refractivity contribution in [1.29, 1.82) is 0 Å². The molecule has 5 heteroatoms. The van der Waals surface area contributed by atoms with E-state index in [-0.39, 0.29) is 6.10 Å². The summed E-state index contributed by atoms with van der Waals surface area (Å²) in [4.78, 5) is 0. The lowest BCUT2D eigenvalue weighted by molar-refractivity contribution is 0.0421. The first-order valence-electron chi connectivity index (χ1n) is 8.02. The molecule has 1 aromatic rings. The largest absolute Gasteiger partial charge is 0.597 e. The van der Waals surface area contributed by atoms with Crippen LogP contribution in [-0.4, -0.2) is 32.4 Å². The summed E-state index contributed by atoms with van der Waals surface area (Å²) in [5.74, 6) is 0. The van der Waals surface area contributed by atoms with Crippen LogP contribution in [0.15, 0.2) is 42.7 Å². The van der Waals surface area contributed by atoms with Crippen molar-refractivity contribution in [1.82, 2.24) is 4.31 Å². The molecule has 3 nitrogen and oxygen atoms in total. The topological polar surface area (TPSA) is 35.5 Å². The zero-order chi connectivity index (χ0) is 16.9. The minimum Gasteiger partial charge on any atom is -0.597 e. The summed E-state index contributed by atoms with van der Waals surface area (Å²) in [6.07, 6.45) is 4.92. The van der Waals surface area contributed by atoms with Gasteiger partial charge < -0.3 is 9.29 Å². The summed E-state index contributed by atoms with van der Waals surface area (Å²) in [6.45, 7) is 5.62. The number of rotatable bonds is 6. The van der Waals surface area contributed by atoms with Crippen LogP contribution in [0.1, 0.15) is 39.2 Å². The predicted molar refractivity (Wildman–Crippen MR) is 92.9 cm³/mol. The molecule has 0 fully saturated rings. The number of halogens is 1. The third-order valence-corrected chi connectivity index (χ3v) is 5.72. The minimum atomic E-state index is -1.32. The second-order valence-electron chi connectivity index (χ2n) is 6.77. The molecule has 0 amide bonds. The zero-order valence-electron chi connectivity index (χ0n) is 14.1. The van der Waals surface area contributed by atoms with Gasteiger partial charge >= 0.3 is 0 Å². The molecule has 0 unspecified atom stereocenters. The number of ether oxygens (including phenoxy) is 1. The van der Waals surface area contributed by atoms with Crippen LogP contribution in [0.4, 0.5) is 4.39 Å². The van der Waals surface area contributed by atoms with Gasteiger partial charge in [-0.25, -0.2) is 4.39 Å². The van der Waals surface area contributed by atoms with Crippen LogP contribution in [0.25, 0.3) is 0 Å². The molecule has 1 aliphatic rings. The van der Waals surface area contributed by atoms with Crippen molar-refractivity contribution in [2.75, 3.05) is 6.67 Å². The normalized spacial score (nSPS) is 21.0. The van der Waals surface area contributed by atoms with E-state index in [0.29, 0.717) is 6.54 Å². The van der Waals surface area contributed by atoms with Gasteiger partial charge in [-0.15, -0.1) is 4.31 Å². The lowest BCUT2D eigenvalue weighted by Crippen LogP contribution is -2.53. The van der Waals surface area contributed by atoms with Gasteiger partial charge in [-0.1, -0.05) is 30.3 Å². The molecule has 0 bridgehead atoms. The number of nitrogens with zero attached hydrogens (tertiary/aromatic N) is 1. The molecule has 0 aromatic heterocycles. The van der Waals surface area contributed by atoms with Gasteiger partial charge in [-0.05, 0) is 45.3 Å². The quantitative estimate of drug-likeness (QED) is 0.735. The van der Waals surface area contributed by atoms with Crippen molar-refractivity contribution < 1.29 is 13.7 Å². The summed E-state index contributed by atoms with van der Waals surface area (Å²) in [5, 5.41) is 0. The highest BCUT2D eigenvalue weighted by Crippen LogP contribution is 2.29. The van der Waals surface area contributed by atoms with Gasteiger partial charge in [0.2, 0.25) is 0 Å². The summed E-state index contributed by atoms with van der Waals surface area (Å²) in [5.41, 5.74) is 1.02. The number of hydrogen-bond acceptors (Lipinski definition) is 3. The second kappa shape index (κ2) is 8.18. The van der Waals surface area contributed by atoms with Crippen molar-refractivity contribution >= 4 is 11.4 Å². The standard InChI is InChI=1S/C18H26FNO2S/c1-18(2,3)23(21)20(14-15-9-5-4-6-10-15)16(13-19)17-11-7-8-12-22-17/h4-6,8-10,12,16-17H,7,11,13-14H2,1-3H3/t16-,17+,23-/m1/s1. The molecule has 3 atom stereocenters. The van der Waals surface area contributed by atoms with E-state index in [1.807, 2.05) is 57.2 Å². The third kappa shape index (κ3) is 4.96. The zero-order valence-corrected chi connectivity index (χ0v) is 14.9. The molecular weight excluding hydrogens is 313 g/mol. The Morgan fingerprint density at radius 1 is 1.35 bits per heavy atom. The van der Waals surface area contributed by atoms with E-state index in [4.69, 9.17) is 4.74 Å². The first kappa shape index (κ1) is 18.3. The van der Waals surface area contributed by atoms with Crippen LogP contribution in [0.5, 0.6) is 0 Å². The smallest absolute Gasteiger partial charge is 0.137 e. The highest BCUT2D eigenvalue weighted by molar-refractivity contribution is 7.90. The lowest BCUT2D eigenvalue weighted by atomic mass is 10.0. The van der Waals surface area contributed by atoms with Gasteiger partial charge in [-0.3, -0.25) is 0 Å². The average Bonchev–Trinajstić information content (AvgIpc) is 2.55. The van der Waals surface area contributed by atoms with Crippen LogP contribution in [0.3, 0.4) is 0 Å². The summed E-state index contributed by atoms with van der Waals surface area (Å²) < 4.78 is 33.8. The Hall–Kier alpha value is -1.04. The van der Waals surface area contributed by atoms with E-state index in [1.54, 1.807) is 10.6 Å². The first-order chi connectivity index (χ1) is 10.9. The van der Waals surface area contributed by atoms with Gasteiger partial charge in [0.1, 0.15) is 23.6 Å². The molecule has 0 saturated carbocycles. The maximum Gasteiger partial charge on any atom is 0.137 e. The fourth-order valence-electron chi connectivity index (χ4n) is 2.61. The lowest BCUT2D eigenvalue weighted by Gasteiger charge is -2.39. The van der Waals surface area contributed by atoms with Crippen molar-refractivity contribution in [3.8, 4) is 0 Å². The number of alkyl halides is 1. The van der Waals surface area contributed by atoms with Gasteiger partial charge in [0.25, 0.3) is 0 Å². The van der Waals surface area contributed by atoms with E-state index in [2.05, 4.69) is 0 Å². The van der Waals surface area contributed by atoms with E-state index in [1.165, 1.54) is 0 Å². The molecule has 128 valence electrons. The summed E-state index contributed by atoms with van der Waals surface area (Å²) in [6, 6.07) is 9.26. The Balaban J connectivity index is 2.25. The molecule has 1 aromatic carbocycles. The summed E-state index contributed by atoms with van der Waals surface area (Å²) >= 11 is -1.32. The summed E-state index contributed by atoms with van der Waals surface area (Å²) in [7, 11) is 0. The minimum absolute atomic E-state index is 0.264. The Labute approximate surface area is 141 Å². The van der Waals surface area contributed by atoms with Crippen LogP contribution >= 0.6 is 0 Å². The van der Waals surface area contributed by atoms with Crippen LogP contribution in [-0.2, 0) is 22.6 Å². The highest BCUT2D eigenvalue weighted by Gasteiger charge is 2.41. The number of benzene rings is 1. The maximum absolute atomic E-state index is 13.9. The first-order valence-corrected chi connectivity index (χ1v) is 9.13. The van der Waals surface area contributed by atoms with E-state index < -0.39 is 28.8 Å². The van der Waals surface area contributed by atoms with Crippen LogP contribution in [0, 0.1) is 0 Å². The SMILES string of the molecule is CC(C)(C)[S@@+]([O-])N(Cc1ccccc1)[C@H](CF)[C@@H]1CCC=CO1. The van der Waals surface area contributed by atoms with E-state index in [9.17, 15) is 8.94 Å². The number of hydrogen-bond donors (Lipinski definition) is 0. The monoisotopic (exact) mass is 339 g/mol. The molecule has 0 N–H and O–H groups in total. The Kier molecular flexibility index (Phi) is 6.50. The molecule has 23 heavy (non-hydrogen) atoms. The van der Waals surface area contributed by atoms with Crippen LogP contribution in [0.2, 0.25) is 0 Å². The molecular formula is C18H26FNO2S. The molecule has 0 saturated heterocycles. The van der Waals surface area contributed by atoms with Crippen LogP contribution < -0.4 is 0 Å². The molecule has 2 rings (SSSR count). The third-order valence-electron chi connectivity index (χ3n) is 3.84. The Morgan fingerprint density at radius 2 is 2.04 bits per heavy atom. The predicted octanol–water partition coefficient (Wildman–Crippen LogP) is 3.98. The van der Waals surface area contributed by atoms with Crippen molar-refractivity contribution in [2.45, 2.75) is 57.1 Å². The van der Waals surface area contributed by atoms with E-state index >= 15 is 0 Å². The van der Waals surface area contributed by atoms with Gasteiger partial charge in [0.15, 0.2) is 0 Å². The number of allylic oxidation sites excluding steroid dienone is 1.